The number of aromatic nitrogens is 5. The van der Waals surface area contributed by atoms with Gasteiger partial charge < -0.3 is 19.9 Å². The zero-order valence-electron chi connectivity index (χ0n) is 9.22. The molecule has 18 heavy (non-hydrogen) atoms. The Hall–Kier alpha value is -1.84. The van der Waals surface area contributed by atoms with E-state index >= 15 is 0 Å². The molecule has 2 aromatic rings. The number of nitrogens with zero attached hydrogens (tertiary/aromatic N) is 4. The molecule has 1 aliphatic heterocycles. The van der Waals surface area contributed by atoms with Gasteiger partial charge in [0.05, 0.1) is 19.0 Å². The lowest BCUT2D eigenvalue weighted by Gasteiger charge is -2.11. The number of aromatic amines is 1. The lowest BCUT2D eigenvalue weighted by Crippen LogP contribution is -2.24. The lowest BCUT2D eigenvalue weighted by molar-refractivity contribution is -0.0476. The molecule has 0 radical (unpaired) electrons. The third-order valence-corrected chi connectivity index (χ3v) is 2.92. The van der Waals surface area contributed by atoms with Crippen LogP contribution >= 0.6 is 0 Å². The van der Waals surface area contributed by atoms with E-state index in [1.165, 1.54) is 11.0 Å². The molecule has 1 saturated heterocycles. The molecule has 2 aromatic heterocycles. The summed E-state index contributed by atoms with van der Waals surface area (Å²) in [5, 5.41) is 26.2. The smallest absolute Gasteiger partial charge is 0.280 e. The van der Waals surface area contributed by atoms with Crippen LogP contribution < -0.4 is 5.56 Å². The van der Waals surface area contributed by atoms with Crippen molar-refractivity contribution < 1.29 is 14.9 Å². The van der Waals surface area contributed by atoms with Crippen molar-refractivity contribution in [3.63, 3.8) is 0 Å². The van der Waals surface area contributed by atoms with Crippen LogP contribution in [-0.4, -0.2) is 54.0 Å². The van der Waals surface area contributed by atoms with Crippen molar-refractivity contribution >= 4 is 11.2 Å². The molecular formula is C9H11N5O4. The van der Waals surface area contributed by atoms with E-state index in [2.05, 4.69) is 20.3 Å². The molecule has 0 aromatic carbocycles. The number of hydrogen-bond acceptors (Lipinski definition) is 7. The molecule has 1 aliphatic rings. The van der Waals surface area contributed by atoms with Gasteiger partial charge in [-0.25, -0.2) is 4.98 Å². The normalized spacial score (nSPS) is 28.0. The van der Waals surface area contributed by atoms with Gasteiger partial charge in [-0.1, -0.05) is 5.21 Å². The fraction of sp³-hybridized carbons (Fsp3) is 0.556. The summed E-state index contributed by atoms with van der Waals surface area (Å²) in [4.78, 5) is 17.8. The molecule has 3 rings (SSSR count). The highest BCUT2D eigenvalue weighted by Gasteiger charge is 2.36. The lowest BCUT2D eigenvalue weighted by atomic mass is 10.2. The summed E-state index contributed by atoms with van der Waals surface area (Å²) in [5.74, 6) is 0. The van der Waals surface area contributed by atoms with Gasteiger partial charge in [0.25, 0.3) is 5.56 Å². The predicted molar refractivity (Wildman–Crippen MR) is 57.6 cm³/mol. The van der Waals surface area contributed by atoms with E-state index in [-0.39, 0.29) is 29.8 Å². The zero-order chi connectivity index (χ0) is 12.7. The Kier molecular flexibility index (Phi) is 2.58. The third kappa shape index (κ3) is 1.60. The number of aliphatic hydroxyl groups is 2. The van der Waals surface area contributed by atoms with E-state index < -0.39 is 18.4 Å². The minimum Gasteiger partial charge on any atom is -0.394 e. The number of aliphatic hydroxyl groups excluding tert-OH is 2. The Morgan fingerprint density at radius 1 is 1.61 bits per heavy atom. The fourth-order valence-corrected chi connectivity index (χ4v) is 2.00. The second-order valence-electron chi connectivity index (χ2n) is 4.05. The van der Waals surface area contributed by atoms with Gasteiger partial charge in [-0.3, -0.25) is 4.79 Å². The Morgan fingerprint density at radius 3 is 3.17 bits per heavy atom. The van der Waals surface area contributed by atoms with E-state index in [0.29, 0.717) is 0 Å². The SMILES string of the molecule is O=c1[nH]cnc2c1nnn2[C@@H]1C[C@H](O)[C@@H](CO)O1. The van der Waals surface area contributed by atoms with Crippen molar-refractivity contribution in [3.05, 3.63) is 16.7 Å². The summed E-state index contributed by atoms with van der Waals surface area (Å²) in [7, 11) is 0. The first-order valence-electron chi connectivity index (χ1n) is 5.43. The molecular weight excluding hydrogens is 242 g/mol. The highest BCUT2D eigenvalue weighted by atomic mass is 16.5. The molecule has 9 heteroatoms. The van der Waals surface area contributed by atoms with Crippen molar-refractivity contribution in [1.82, 2.24) is 25.0 Å². The van der Waals surface area contributed by atoms with Crippen LogP contribution in [0.1, 0.15) is 12.6 Å². The van der Waals surface area contributed by atoms with Crippen molar-refractivity contribution in [1.29, 1.82) is 0 Å². The monoisotopic (exact) mass is 253 g/mol. The molecule has 3 N–H and O–H groups in total. The molecule has 0 bridgehead atoms. The summed E-state index contributed by atoms with van der Waals surface area (Å²) < 4.78 is 6.76. The highest BCUT2D eigenvalue weighted by molar-refractivity contribution is 5.67. The van der Waals surface area contributed by atoms with Gasteiger partial charge in [0.1, 0.15) is 6.10 Å². The Balaban J connectivity index is 2.01. The van der Waals surface area contributed by atoms with Gasteiger partial charge in [0.2, 0.25) is 0 Å². The largest absolute Gasteiger partial charge is 0.394 e. The van der Waals surface area contributed by atoms with Crippen LogP contribution in [0.15, 0.2) is 11.1 Å². The van der Waals surface area contributed by atoms with Crippen LogP contribution in [0, 0.1) is 0 Å². The quantitative estimate of drug-likeness (QED) is 0.573. The molecule has 0 saturated carbocycles. The Labute approximate surface area is 100 Å². The highest BCUT2D eigenvalue weighted by Crippen LogP contribution is 2.28. The van der Waals surface area contributed by atoms with Crippen LogP contribution in [0.3, 0.4) is 0 Å². The van der Waals surface area contributed by atoms with Crippen molar-refractivity contribution in [2.45, 2.75) is 24.9 Å². The van der Waals surface area contributed by atoms with Gasteiger partial charge in [-0.05, 0) is 0 Å². The third-order valence-electron chi connectivity index (χ3n) is 2.92. The maximum Gasteiger partial charge on any atom is 0.280 e. The first kappa shape index (κ1) is 11.3. The van der Waals surface area contributed by atoms with E-state index in [1.54, 1.807) is 0 Å². The van der Waals surface area contributed by atoms with Gasteiger partial charge in [0, 0.05) is 6.42 Å². The van der Waals surface area contributed by atoms with Gasteiger partial charge in [-0.15, -0.1) is 5.10 Å². The average molecular weight is 253 g/mol. The summed E-state index contributed by atoms with van der Waals surface area (Å²) in [6.45, 7) is -0.279. The van der Waals surface area contributed by atoms with E-state index in [4.69, 9.17) is 9.84 Å². The standard InChI is InChI=1S/C9H11N5O4/c15-2-5-4(16)1-6(18-5)14-8-7(12-13-14)9(17)11-3-10-8/h3-6,15-16H,1-2H2,(H,10,11,17)/t4-,5+,6-/m0/s1. The molecule has 0 aliphatic carbocycles. The van der Waals surface area contributed by atoms with Gasteiger partial charge in [-0.2, -0.15) is 4.68 Å². The number of ether oxygens (including phenoxy) is 1. The van der Waals surface area contributed by atoms with Crippen LogP contribution in [0.4, 0.5) is 0 Å². The van der Waals surface area contributed by atoms with Gasteiger partial charge >= 0.3 is 0 Å². The Morgan fingerprint density at radius 2 is 2.44 bits per heavy atom. The molecule has 0 spiro atoms. The molecule has 96 valence electrons. The minimum absolute atomic E-state index is 0.114. The molecule has 1 fully saturated rings. The average Bonchev–Trinajstić information content (AvgIpc) is 2.93. The molecule has 0 unspecified atom stereocenters. The summed E-state index contributed by atoms with van der Waals surface area (Å²) in [6, 6.07) is 0. The second kappa shape index (κ2) is 4.12. The van der Waals surface area contributed by atoms with E-state index in [0.717, 1.165) is 0 Å². The van der Waals surface area contributed by atoms with E-state index in [1.807, 2.05) is 0 Å². The Bertz CT molecular complexity index is 623. The molecule has 9 nitrogen and oxygen atoms in total. The maximum atomic E-state index is 11.5. The van der Waals surface area contributed by atoms with Crippen LogP contribution in [0.5, 0.6) is 0 Å². The van der Waals surface area contributed by atoms with Crippen molar-refractivity contribution in [2.75, 3.05) is 6.61 Å². The van der Waals surface area contributed by atoms with Gasteiger partial charge in [0.15, 0.2) is 17.4 Å². The summed E-state index contributed by atoms with van der Waals surface area (Å²) in [6.07, 6.45) is -0.508. The number of fused-ring (bicyclic) bond motifs is 1. The molecule has 3 atom stereocenters. The minimum atomic E-state index is -0.777. The zero-order valence-corrected chi connectivity index (χ0v) is 9.22. The number of rotatable bonds is 2. The first-order chi connectivity index (χ1) is 8.70. The summed E-state index contributed by atoms with van der Waals surface area (Å²) >= 11 is 0. The number of hydrogen-bond donors (Lipinski definition) is 3. The number of nitrogens with one attached hydrogen (secondary N) is 1. The topological polar surface area (TPSA) is 126 Å². The van der Waals surface area contributed by atoms with E-state index in [9.17, 15) is 9.90 Å². The first-order valence-corrected chi connectivity index (χ1v) is 5.43. The van der Waals surface area contributed by atoms with Crippen molar-refractivity contribution in [2.24, 2.45) is 0 Å². The van der Waals surface area contributed by atoms with Crippen LogP contribution in [0.2, 0.25) is 0 Å². The molecule has 3 heterocycles. The fourth-order valence-electron chi connectivity index (χ4n) is 2.00. The molecule has 0 amide bonds. The van der Waals surface area contributed by atoms with Crippen molar-refractivity contribution in [3.8, 4) is 0 Å². The van der Waals surface area contributed by atoms with Crippen LogP contribution in [-0.2, 0) is 4.74 Å². The maximum absolute atomic E-state index is 11.5. The van der Waals surface area contributed by atoms with Crippen LogP contribution in [0.25, 0.3) is 11.2 Å². The second-order valence-corrected chi connectivity index (χ2v) is 4.05. The summed E-state index contributed by atoms with van der Waals surface area (Å²) in [5.41, 5.74) is 0.0149. The predicted octanol–water partition coefficient (Wildman–Crippen LogP) is -1.84. The number of H-pyrrole nitrogens is 1.